The van der Waals surface area contributed by atoms with E-state index in [9.17, 15) is 33.6 Å². The van der Waals surface area contributed by atoms with Gasteiger partial charge >= 0.3 is 5.97 Å². The number of Topliss-reactive ketones (excluding diaryl/α,β-unsaturated/α-hetero) is 1. The van der Waals surface area contributed by atoms with Crippen molar-refractivity contribution >= 4 is 41.3 Å². The zero-order valence-electron chi connectivity index (χ0n) is 37.9. The summed E-state index contributed by atoms with van der Waals surface area (Å²) < 4.78 is 11.5. The number of ether oxygens (including phenoxy) is 2. The molecular formula is C46H69N5O9. The summed E-state index contributed by atoms with van der Waals surface area (Å²) in [5, 5.41) is 0. The Morgan fingerprint density at radius 1 is 0.750 bits per heavy atom. The molecule has 4 rings (SSSR count). The minimum absolute atomic E-state index is 0.0233. The predicted octanol–water partition coefficient (Wildman–Crippen LogP) is 4.35. The van der Waals surface area contributed by atoms with Crippen molar-refractivity contribution in [2.45, 2.75) is 130 Å². The minimum Gasteiger partial charge on any atom is -0.499 e. The number of hydrogen-bond donors (Lipinski definition) is 0. The summed E-state index contributed by atoms with van der Waals surface area (Å²) in [5.41, 5.74) is 0.889. The Labute approximate surface area is 356 Å². The monoisotopic (exact) mass is 836 g/mol. The van der Waals surface area contributed by atoms with Crippen molar-refractivity contribution in [2.24, 2.45) is 29.6 Å². The second-order valence-electron chi connectivity index (χ2n) is 18.3. The van der Waals surface area contributed by atoms with Gasteiger partial charge in [0.2, 0.25) is 17.7 Å². The number of carbonyl (C=O) groups excluding carboxylic acids is 7. The largest absolute Gasteiger partial charge is 0.499 e. The first-order valence-electron chi connectivity index (χ1n) is 21.7. The fourth-order valence-corrected chi connectivity index (χ4v) is 9.29. The van der Waals surface area contributed by atoms with Crippen LogP contribution in [0.25, 0.3) is 0 Å². The standard InChI is InChI=1S/C46H69N5O9/c1-27(2)32(25-36(52)39(28(3)4)47(9)10)42(54)48(11)40(29(5)6)44(56)49-22-16-20-33(49)43(55)50-23-17-21-34(50)46(58)60-41(30(7)8)45(57)51-35(37(59-12)26-38(51)53)24-31-18-14-13-15-19-31/h13-15,18-19,26-30,32-35,39-41H,16-17,20-25H2,1-12H3/t32-,33-,34-,35-,39-,40-,41?/m0/s1. The third kappa shape index (κ3) is 10.6. The van der Waals surface area contributed by atoms with E-state index in [0.29, 0.717) is 44.4 Å². The zero-order valence-corrected chi connectivity index (χ0v) is 37.9. The fraction of sp³-hybridized carbons (Fsp3) is 0.674. The van der Waals surface area contributed by atoms with Gasteiger partial charge in [-0.1, -0.05) is 85.7 Å². The second-order valence-corrected chi connectivity index (χ2v) is 18.3. The first-order chi connectivity index (χ1) is 28.2. The molecule has 5 amide bonds. The molecule has 332 valence electrons. The van der Waals surface area contributed by atoms with E-state index in [1.54, 1.807) is 25.8 Å². The van der Waals surface area contributed by atoms with E-state index in [1.807, 2.05) is 90.9 Å². The molecule has 0 bridgehead atoms. The number of benzene rings is 1. The highest BCUT2D eigenvalue weighted by Gasteiger charge is 2.48. The van der Waals surface area contributed by atoms with Gasteiger partial charge in [0.15, 0.2) is 11.9 Å². The maximum atomic E-state index is 14.5. The van der Waals surface area contributed by atoms with Crippen LogP contribution in [0.2, 0.25) is 0 Å². The van der Waals surface area contributed by atoms with Gasteiger partial charge in [-0.25, -0.2) is 4.79 Å². The number of likely N-dealkylation sites (N-methyl/N-ethyl adjacent to an activating group) is 2. The van der Waals surface area contributed by atoms with Crippen molar-refractivity contribution in [1.82, 2.24) is 24.5 Å². The highest BCUT2D eigenvalue weighted by atomic mass is 16.6. The van der Waals surface area contributed by atoms with Crippen molar-refractivity contribution in [2.75, 3.05) is 41.3 Å². The molecule has 1 unspecified atom stereocenters. The van der Waals surface area contributed by atoms with Gasteiger partial charge < -0.3 is 24.2 Å². The van der Waals surface area contributed by atoms with Crippen LogP contribution in [0.15, 0.2) is 42.2 Å². The van der Waals surface area contributed by atoms with Crippen molar-refractivity contribution in [3.05, 3.63) is 47.7 Å². The SMILES string of the molecule is COC1=CC(=O)N(C(=O)C(OC(=O)[C@@H]2CCCN2C(=O)[C@@H]2CCCN2C(=O)[C@H](C(C)C)N(C)C(=O)[C@@H](CC(=O)[C@H](C(C)C)N(C)C)C(C)C)C(C)C)[C@H]1Cc1ccccc1. The topological polar surface area (TPSA) is 154 Å². The van der Waals surface area contributed by atoms with Gasteiger partial charge in [-0.05, 0) is 69.0 Å². The van der Waals surface area contributed by atoms with E-state index in [0.717, 1.165) is 10.5 Å². The van der Waals surface area contributed by atoms with Crippen LogP contribution in [-0.4, -0.2) is 143 Å². The van der Waals surface area contributed by atoms with E-state index in [-0.39, 0.29) is 60.3 Å². The molecule has 2 fully saturated rings. The molecule has 0 N–H and O–H groups in total. The van der Waals surface area contributed by atoms with Gasteiger partial charge in [-0.15, -0.1) is 0 Å². The molecule has 1 aromatic carbocycles. The molecule has 2 saturated heterocycles. The van der Waals surface area contributed by atoms with Crippen LogP contribution in [0.1, 0.15) is 93.1 Å². The minimum atomic E-state index is -1.31. The number of carbonyl (C=O) groups is 7. The van der Waals surface area contributed by atoms with Gasteiger partial charge in [-0.2, -0.15) is 0 Å². The Kier molecular flexibility index (Phi) is 16.7. The summed E-state index contributed by atoms with van der Waals surface area (Å²) >= 11 is 0. The summed E-state index contributed by atoms with van der Waals surface area (Å²) in [6.45, 7) is 15.5. The van der Waals surface area contributed by atoms with Crippen LogP contribution < -0.4 is 0 Å². The van der Waals surface area contributed by atoms with Crippen LogP contribution >= 0.6 is 0 Å². The number of hydrogen-bond acceptors (Lipinski definition) is 10. The lowest BCUT2D eigenvalue weighted by molar-refractivity contribution is -0.170. The van der Waals surface area contributed by atoms with Gasteiger partial charge in [-0.3, -0.25) is 38.6 Å². The van der Waals surface area contributed by atoms with Gasteiger partial charge in [0.05, 0.1) is 13.2 Å². The summed E-state index contributed by atoms with van der Waals surface area (Å²) in [4.78, 5) is 106. The average molecular weight is 836 g/mol. The van der Waals surface area contributed by atoms with Gasteiger partial charge in [0.25, 0.3) is 11.8 Å². The first-order valence-corrected chi connectivity index (χ1v) is 21.7. The maximum absolute atomic E-state index is 14.5. The number of nitrogens with zero attached hydrogens (tertiary/aromatic N) is 5. The number of methoxy groups -OCH3 is 1. The molecule has 3 heterocycles. The van der Waals surface area contributed by atoms with E-state index in [1.165, 1.54) is 23.0 Å². The van der Waals surface area contributed by atoms with Crippen LogP contribution in [0.4, 0.5) is 0 Å². The predicted molar refractivity (Wildman–Crippen MR) is 227 cm³/mol. The summed E-state index contributed by atoms with van der Waals surface area (Å²) in [6, 6.07) is 5.60. The van der Waals surface area contributed by atoms with E-state index in [4.69, 9.17) is 9.47 Å². The number of imide groups is 1. The highest BCUT2D eigenvalue weighted by molar-refractivity contribution is 6.06. The molecule has 3 aliphatic heterocycles. The number of ketones is 1. The lowest BCUT2D eigenvalue weighted by atomic mass is 9.84. The Hall–Kier alpha value is -4.59. The smallest absolute Gasteiger partial charge is 0.329 e. The molecule has 1 aromatic rings. The van der Waals surface area contributed by atoms with Crippen molar-refractivity contribution in [3.8, 4) is 0 Å². The summed E-state index contributed by atoms with van der Waals surface area (Å²) in [5.74, 6) is -4.25. The molecular weight excluding hydrogens is 767 g/mol. The average Bonchev–Trinajstić information content (AvgIpc) is 3.94. The highest BCUT2D eigenvalue weighted by Crippen LogP contribution is 2.31. The Morgan fingerprint density at radius 3 is 1.87 bits per heavy atom. The number of esters is 1. The normalized spacial score (nSPS) is 21.5. The number of amides is 5. The van der Waals surface area contributed by atoms with E-state index in [2.05, 4.69) is 0 Å². The van der Waals surface area contributed by atoms with E-state index < -0.39 is 59.9 Å². The summed E-state index contributed by atoms with van der Waals surface area (Å²) in [7, 11) is 6.76. The number of rotatable bonds is 18. The molecule has 3 aliphatic rings. The molecule has 14 heteroatoms. The van der Waals surface area contributed by atoms with Crippen LogP contribution in [0.5, 0.6) is 0 Å². The zero-order chi connectivity index (χ0) is 44.7. The lowest BCUT2D eigenvalue weighted by Crippen LogP contribution is -2.58. The first kappa shape index (κ1) is 48.1. The molecule has 0 radical (unpaired) electrons. The molecule has 0 spiro atoms. The molecule has 7 atom stereocenters. The Bertz CT molecular complexity index is 1750. The number of likely N-dealkylation sites (tertiary alicyclic amines) is 2. The fourth-order valence-electron chi connectivity index (χ4n) is 9.29. The van der Waals surface area contributed by atoms with Gasteiger partial charge in [0.1, 0.15) is 29.9 Å². The second kappa shape index (κ2) is 20.8. The molecule has 60 heavy (non-hydrogen) atoms. The van der Waals surface area contributed by atoms with Crippen LogP contribution in [-0.2, 0) is 49.5 Å². The molecule has 14 nitrogen and oxygen atoms in total. The third-order valence-corrected chi connectivity index (χ3v) is 12.3. The molecule has 0 aliphatic carbocycles. The van der Waals surface area contributed by atoms with E-state index >= 15 is 0 Å². The lowest BCUT2D eigenvalue weighted by Gasteiger charge is -2.38. The van der Waals surface area contributed by atoms with Gasteiger partial charge in [0, 0.05) is 45.0 Å². The maximum Gasteiger partial charge on any atom is 0.329 e. The van der Waals surface area contributed by atoms with Crippen molar-refractivity contribution in [1.29, 1.82) is 0 Å². The Morgan fingerprint density at radius 2 is 1.33 bits per heavy atom. The summed E-state index contributed by atoms with van der Waals surface area (Å²) in [6.07, 6.45) is 2.12. The van der Waals surface area contributed by atoms with Crippen molar-refractivity contribution in [3.63, 3.8) is 0 Å². The molecule has 0 aromatic heterocycles. The molecule has 0 saturated carbocycles. The quantitative estimate of drug-likeness (QED) is 0.195. The van der Waals surface area contributed by atoms with Crippen LogP contribution in [0.3, 0.4) is 0 Å². The van der Waals surface area contributed by atoms with Crippen molar-refractivity contribution < 1.29 is 43.0 Å². The third-order valence-electron chi connectivity index (χ3n) is 12.3. The Balaban J connectivity index is 1.50. The van der Waals surface area contributed by atoms with Crippen LogP contribution in [0, 0.1) is 29.6 Å².